The van der Waals surface area contributed by atoms with E-state index in [1.807, 2.05) is 0 Å². The number of halogens is 2. The molecule has 7 heteroatoms. The molecule has 0 bridgehead atoms. The van der Waals surface area contributed by atoms with Gasteiger partial charge in [0.25, 0.3) is 5.91 Å². The Labute approximate surface area is 145 Å². The number of hydrogen-bond acceptors (Lipinski definition) is 4. The Hall–Kier alpha value is -1.73. The van der Waals surface area contributed by atoms with Crippen LogP contribution in [0.4, 0.5) is 8.78 Å². The average molecular weight is 355 g/mol. The van der Waals surface area contributed by atoms with Crippen LogP contribution in [0.15, 0.2) is 12.1 Å². The van der Waals surface area contributed by atoms with Gasteiger partial charge in [0.15, 0.2) is 11.6 Å². The van der Waals surface area contributed by atoms with Crippen molar-refractivity contribution in [3.05, 3.63) is 29.3 Å². The second-order valence-electron chi connectivity index (χ2n) is 6.50. The molecule has 2 aliphatic heterocycles. The topological polar surface area (TPSA) is 56.8 Å². The third-order valence-corrected chi connectivity index (χ3v) is 5.09. The zero-order valence-electron chi connectivity index (χ0n) is 14.2. The second kappa shape index (κ2) is 8.10. The fourth-order valence-corrected chi connectivity index (χ4v) is 3.70. The molecule has 5 nitrogen and oxygen atoms in total. The van der Waals surface area contributed by atoms with Crippen LogP contribution in [-0.2, 0) is 9.47 Å². The summed E-state index contributed by atoms with van der Waals surface area (Å²) in [5, 5.41) is 2.88. The summed E-state index contributed by atoms with van der Waals surface area (Å²) in [6.07, 6.45) is 2.48. The fourth-order valence-electron chi connectivity index (χ4n) is 3.70. The Morgan fingerprint density at radius 3 is 2.60 bits per heavy atom. The quantitative estimate of drug-likeness (QED) is 0.902. The minimum Gasteiger partial charge on any atom is -0.496 e. The van der Waals surface area contributed by atoms with E-state index < -0.39 is 17.5 Å². The van der Waals surface area contributed by atoms with Crippen molar-refractivity contribution in [1.82, 2.24) is 5.32 Å². The summed E-state index contributed by atoms with van der Waals surface area (Å²) in [6, 6.07) is 2.06. The standard InChI is InChI=1S/C18H23F2NO4/c1-23-15-3-2-13(19)17(20)16(15)18(22)21-14-6-9-25-10-12(14)11-4-7-24-8-5-11/h2-3,11-12,14H,4-10H2,1H3,(H,21,22)/t12-,14-/m0/s1. The van der Waals surface area contributed by atoms with Gasteiger partial charge >= 0.3 is 0 Å². The van der Waals surface area contributed by atoms with Gasteiger partial charge in [0, 0.05) is 31.8 Å². The van der Waals surface area contributed by atoms with Gasteiger partial charge in [-0.15, -0.1) is 0 Å². The SMILES string of the molecule is COc1ccc(F)c(F)c1C(=O)N[C@H]1CCOC[C@H]1C1CCOCC1. The molecule has 1 aromatic rings. The zero-order valence-corrected chi connectivity index (χ0v) is 14.2. The maximum atomic E-state index is 14.1. The normalized spacial score (nSPS) is 24.8. The van der Waals surface area contributed by atoms with Crippen LogP contribution in [0.1, 0.15) is 29.6 Å². The van der Waals surface area contributed by atoms with Gasteiger partial charge in [-0.1, -0.05) is 0 Å². The number of nitrogens with one attached hydrogen (secondary N) is 1. The van der Waals surface area contributed by atoms with E-state index in [2.05, 4.69) is 5.32 Å². The predicted octanol–water partition coefficient (Wildman–Crippen LogP) is 2.53. The zero-order chi connectivity index (χ0) is 17.8. The van der Waals surface area contributed by atoms with Crippen molar-refractivity contribution in [1.29, 1.82) is 0 Å². The highest BCUT2D eigenvalue weighted by Crippen LogP contribution is 2.31. The van der Waals surface area contributed by atoms with E-state index in [0.717, 1.165) is 18.9 Å². The second-order valence-corrected chi connectivity index (χ2v) is 6.50. The first-order valence-electron chi connectivity index (χ1n) is 8.60. The summed E-state index contributed by atoms with van der Waals surface area (Å²) in [7, 11) is 1.32. The Morgan fingerprint density at radius 1 is 1.16 bits per heavy atom. The van der Waals surface area contributed by atoms with Crippen molar-refractivity contribution in [3.63, 3.8) is 0 Å². The van der Waals surface area contributed by atoms with Crippen molar-refractivity contribution in [3.8, 4) is 5.75 Å². The molecule has 0 unspecified atom stereocenters. The molecule has 25 heavy (non-hydrogen) atoms. The van der Waals surface area contributed by atoms with E-state index in [-0.39, 0.29) is 23.3 Å². The first-order valence-corrected chi connectivity index (χ1v) is 8.60. The summed E-state index contributed by atoms with van der Waals surface area (Å²) in [6.45, 7) is 2.49. The minimum atomic E-state index is -1.19. The molecular formula is C18H23F2NO4. The number of amides is 1. The van der Waals surface area contributed by atoms with Crippen LogP contribution in [-0.4, -0.2) is 45.5 Å². The molecule has 1 aromatic carbocycles. The smallest absolute Gasteiger partial charge is 0.258 e. The highest BCUT2D eigenvalue weighted by molar-refractivity contribution is 5.97. The lowest BCUT2D eigenvalue weighted by atomic mass is 9.79. The molecule has 2 atom stereocenters. The molecule has 1 N–H and O–H groups in total. The van der Waals surface area contributed by atoms with E-state index in [9.17, 15) is 13.6 Å². The number of ether oxygens (including phenoxy) is 3. The molecule has 2 fully saturated rings. The number of methoxy groups -OCH3 is 1. The molecule has 138 valence electrons. The highest BCUT2D eigenvalue weighted by Gasteiger charge is 2.35. The predicted molar refractivity (Wildman–Crippen MR) is 86.6 cm³/mol. The molecule has 2 saturated heterocycles. The minimum absolute atomic E-state index is 0.0195. The third-order valence-electron chi connectivity index (χ3n) is 5.09. The first-order chi connectivity index (χ1) is 12.1. The maximum absolute atomic E-state index is 14.1. The van der Waals surface area contributed by atoms with Gasteiger partial charge in [0.1, 0.15) is 11.3 Å². The summed E-state index contributed by atoms with van der Waals surface area (Å²) in [5.41, 5.74) is -0.389. The van der Waals surface area contributed by atoms with Gasteiger partial charge < -0.3 is 19.5 Å². The third kappa shape index (κ3) is 3.93. The molecule has 0 spiro atoms. The molecule has 3 rings (SSSR count). The molecular weight excluding hydrogens is 332 g/mol. The van der Waals surface area contributed by atoms with Crippen molar-refractivity contribution in [2.24, 2.45) is 11.8 Å². The molecule has 2 aliphatic rings. The van der Waals surface area contributed by atoms with Gasteiger partial charge in [0.2, 0.25) is 0 Å². The summed E-state index contributed by atoms with van der Waals surface area (Å²) >= 11 is 0. The van der Waals surface area contributed by atoms with Crippen LogP contribution in [0.2, 0.25) is 0 Å². The fraction of sp³-hybridized carbons (Fsp3) is 0.611. The Kier molecular flexibility index (Phi) is 5.86. The van der Waals surface area contributed by atoms with Crippen LogP contribution in [0, 0.1) is 23.5 Å². The van der Waals surface area contributed by atoms with E-state index in [0.29, 0.717) is 38.8 Å². The average Bonchev–Trinajstić information content (AvgIpc) is 2.65. The molecule has 2 heterocycles. The maximum Gasteiger partial charge on any atom is 0.258 e. The van der Waals surface area contributed by atoms with E-state index in [4.69, 9.17) is 14.2 Å². The Balaban J connectivity index is 1.78. The Bertz CT molecular complexity index is 619. The van der Waals surface area contributed by atoms with Crippen LogP contribution in [0.3, 0.4) is 0 Å². The van der Waals surface area contributed by atoms with Crippen LogP contribution < -0.4 is 10.1 Å². The number of benzene rings is 1. The summed E-state index contributed by atoms with van der Waals surface area (Å²) in [5.74, 6) is -2.36. The lowest BCUT2D eigenvalue weighted by molar-refractivity contribution is -0.0259. The van der Waals surface area contributed by atoms with E-state index in [1.165, 1.54) is 13.2 Å². The van der Waals surface area contributed by atoms with Crippen LogP contribution in [0.25, 0.3) is 0 Å². The van der Waals surface area contributed by atoms with Gasteiger partial charge in [-0.25, -0.2) is 8.78 Å². The van der Waals surface area contributed by atoms with Crippen molar-refractivity contribution in [2.45, 2.75) is 25.3 Å². The number of carbonyl (C=O) groups excluding carboxylic acids is 1. The summed E-state index contributed by atoms with van der Waals surface area (Å²) < 4.78 is 43.7. The summed E-state index contributed by atoms with van der Waals surface area (Å²) in [4.78, 5) is 12.6. The monoisotopic (exact) mass is 355 g/mol. The van der Waals surface area contributed by atoms with Crippen LogP contribution >= 0.6 is 0 Å². The molecule has 0 saturated carbocycles. The Morgan fingerprint density at radius 2 is 1.88 bits per heavy atom. The lowest BCUT2D eigenvalue weighted by Gasteiger charge is -2.39. The highest BCUT2D eigenvalue weighted by atomic mass is 19.2. The largest absolute Gasteiger partial charge is 0.496 e. The molecule has 1 amide bonds. The number of hydrogen-bond donors (Lipinski definition) is 1. The van der Waals surface area contributed by atoms with Gasteiger partial charge in [-0.2, -0.15) is 0 Å². The van der Waals surface area contributed by atoms with E-state index in [1.54, 1.807) is 0 Å². The van der Waals surface area contributed by atoms with Gasteiger partial charge in [-0.3, -0.25) is 4.79 Å². The van der Waals surface area contributed by atoms with Gasteiger partial charge in [0.05, 0.1) is 13.7 Å². The van der Waals surface area contributed by atoms with Gasteiger partial charge in [-0.05, 0) is 37.3 Å². The number of carbonyl (C=O) groups is 1. The molecule has 0 radical (unpaired) electrons. The molecule has 0 aromatic heterocycles. The first kappa shape index (κ1) is 18.1. The molecule has 0 aliphatic carbocycles. The van der Waals surface area contributed by atoms with E-state index >= 15 is 0 Å². The van der Waals surface area contributed by atoms with Crippen LogP contribution in [0.5, 0.6) is 5.75 Å². The van der Waals surface area contributed by atoms with Crippen molar-refractivity contribution in [2.75, 3.05) is 33.5 Å². The number of rotatable bonds is 4. The van der Waals surface area contributed by atoms with Crippen molar-refractivity contribution >= 4 is 5.91 Å². The van der Waals surface area contributed by atoms with Crippen molar-refractivity contribution < 1.29 is 27.8 Å². The lowest BCUT2D eigenvalue weighted by Crippen LogP contribution is -2.49.